The van der Waals surface area contributed by atoms with Gasteiger partial charge >= 0.3 is 0 Å². The minimum absolute atomic E-state index is 0.0746. The molecule has 1 amide bonds. The second-order valence-corrected chi connectivity index (χ2v) is 5.25. The Balaban J connectivity index is 1.92. The van der Waals surface area contributed by atoms with Crippen molar-refractivity contribution in [2.45, 2.75) is 44.2 Å². The van der Waals surface area contributed by atoms with Gasteiger partial charge in [0.15, 0.2) is 0 Å². The van der Waals surface area contributed by atoms with Crippen molar-refractivity contribution >= 4 is 11.6 Å². The van der Waals surface area contributed by atoms with E-state index in [0.29, 0.717) is 6.04 Å². The van der Waals surface area contributed by atoms with Gasteiger partial charge in [-0.1, -0.05) is 31.0 Å². The molecule has 0 saturated heterocycles. The highest BCUT2D eigenvalue weighted by atomic mass is 16.2. The Hall–Kier alpha value is -1.35. The van der Waals surface area contributed by atoms with E-state index >= 15 is 0 Å². The van der Waals surface area contributed by atoms with E-state index in [1.807, 2.05) is 31.2 Å². The number of carbonyl (C=O) groups is 1. The fourth-order valence-corrected chi connectivity index (χ4v) is 3.02. The van der Waals surface area contributed by atoms with Crippen LogP contribution < -0.4 is 10.6 Å². The Morgan fingerprint density at radius 2 is 2.00 bits per heavy atom. The summed E-state index contributed by atoms with van der Waals surface area (Å²) in [5.74, 6) is 0.0746. The number of amides is 1. The zero-order valence-electron chi connectivity index (χ0n) is 10.1. The van der Waals surface area contributed by atoms with Crippen LogP contribution in [0.3, 0.4) is 0 Å². The molecular formula is C14H18N2O. The molecule has 0 aromatic heterocycles. The van der Waals surface area contributed by atoms with Crippen molar-refractivity contribution in [1.29, 1.82) is 0 Å². The molecule has 1 atom stereocenters. The molecule has 3 nitrogen and oxygen atoms in total. The molecule has 1 aliphatic heterocycles. The summed E-state index contributed by atoms with van der Waals surface area (Å²) in [6.07, 6.45) is 4.92. The Labute approximate surface area is 102 Å². The highest BCUT2D eigenvalue weighted by Crippen LogP contribution is 2.36. The number of para-hydroxylation sites is 1. The fraction of sp³-hybridized carbons (Fsp3) is 0.500. The molecule has 1 fully saturated rings. The van der Waals surface area contributed by atoms with Gasteiger partial charge in [-0.2, -0.15) is 0 Å². The summed E-state index contributed by atoms with van der Waals surface area (Å²) < 4.78 is 0. The summed E-state index contributed by atoms with van der Waals surface area (Å²) in [6, 6.07) is 8.44. The van der Waals surface area contributed by atoms with E-state index in [9.17, 15) is 4.79 Å². The molecule has 1 unspecified atom stereocenters. The molecule has 1 aliphatic carbocycles. The van der Waals surface area contributed by atoms with Crippen molar-refractivity contribution in [1.82, 2.24) is 5.32 Å². The van der Waals surface area contributed by atoms with Crippen molar-refractivity contribution < 1.29 is 4.79 Å². The number of hydrogen-bond donors (Lipinski definition) is 2. The predicted molar refractivity (Wildman–Crippen MR) is 67.8 cm³/mol. The third-order valence-electron chi connectivity index (χ3n) is 4.02. The number of rotatable bonds is 2. The molecule has 0 bridgehead atoms. The van der Waals surface area contributed by atoms with Gasteiger partial charge in [0.25, 0.3) is 0 Å². The first-order chi connectivity index (χ1) is 8.20. The summed E-state index contributed by atoms with van der Waals surface area (Å²) in [7, 11) is 0. The molecule has 3 rings (SSSR count). The van der Waals surface area contributed by atoms with E-state index in [1.165, 1.54) is 25.7 Å². The van der Waals surface area contributed by atoms with Gasteiger partial charge in [0.1, 0.15) is 5.54 Å². The highest BCUT2D eigenvalue weighted by molar-refractivity contribution is 6.05. The van der Waals surface area contributed by atoms with Gasteiger partial charge in [0.05, 0.1) is 0 Å². The second kappa shape index (κ2) is 3.84. The SMILES string of the molecule is CC1(NC2CCCC2)C(=O)Nc2ccccc21. The van der Waals surface area contributed by atoms with Crippen LogP contribution in [0.5, 0.6) is 0 Å². The van der Waals surface area contributed by atoms with Gasteiger partial charge in [0.2, 0.25) is 5.91 Å². The molecular weight excluding hydrogens is 212 g/mol. The highest BCUT2D eigenvalue weighted by Gasteiger charge is 2.43. The summed E-state index contributed by atoms with van der Waals surface area (Å²) >= 11 is 0. The lowest BCUT2D eigenvalue weighted by Gasteiger charge is -2.28. The second-order valence-electron chi connectivity index (χ2n) is 5.25. The molecule has 2 aliphatic rings. The lowest BCUT2D eigenvalue weighted by Crippen LogP contribution is -2.49. The predicted octanol–water partition coefficient (Wildman–Crippen LogP) is 2.39. The molecule has 1 aromatic carbocycles. The molecule has 1 saturated carbocycles. The van der Waals surface area contributed by atoms with E-state index in [0.717, 1.165) is 11.3 Å². The summed E-state index contributed by atoms with van der Waals surface area (Å²) in [6.45, 7) is 1.99. The Morgan fingerprint density at radius 1 is 1.29 bits per heavy atom. The molecule has 1 aromatic rings. The van der Waals surface area contributed by atoms with Crippen LogP contribution in [0.25, 0.3) is 0 Å². The zero-order chi connectivity index (χ0) is 11.9. The van der Waals surface area contributed by atoms with Crippen molar-refractivity contribution in [2.75, 3.05) is 5.32 Å². The van der Waals surface area contributed by atoms with E-state index in [4.69, 9.17) is 0 Å². The van der Waals surface area contributed by atoms with E-state index in [2.05, 4.69) is 10.6 Å². The number of fused-ring (bicyclic) bond motifs is 1. The minimum Gasteiger partial charge on any atom is -0.324 e. The standard InChI is InChI=1S/C14H18N2O/c1-14(16-10-6-2-3-7-10)11-8-4-5-9-12(11)15-13(14)17/h4-5,8-10,16H,2-3,6-7H2,1H3,(H,15,17). The van der Waals surface area contributed by atoms with Crippen molar-refractivity contribution in [3.63, 3.8) is 0 Å². The molecule has 2 N–H and O–H groups in total. The molecule has 90 valence electrons. The molecule has 17 heavy (non-hydrogen) atoms. The quantitative estimate of drug-likeness (QED) is 0.819. The van der Waals surface area contributed by atoms with Gasteiger partial charge in [-0.15, -0.1) is 0 Å². The zero-order valence-corrected chi connectivity index (χ0v) is 10.1. The Bertz CT molecular complexity index is 451. The largest absolute Gasteiger partial charge is 0.324 e. The smallest absolute Gasteiger partial charge is 0.249 e. The van der Waals surface area contributed by atoms with Crippen LogP contribution in [0.1, 0.15) is 38.2 Å². The topological polar surface area (TPSA) is 41.1 Å². The number of anilines is 1. The normalized spacial score (nSPS) is 28.2. The van der Waals surface area contributed by atoms with Crippen LogP contribution in [0.4, 0.5) is 5.69 Å². The van der Waals surface area contributed by atoms with Crippen LogP contribution in [0.15, 0.2) is 24.3 Å². The van der Waals surface area contributed by atoms with Crippen LogP contribution in [-0.2, 0) is 10.3 Å². The first-order valence-electron chi connectivity index (χ1n) is 6.39. The number of nitrogens with one attached hydrogen (secondary N) is 2. The molecule has 1 heterocycles. The first-order valence-corrected chi connectivity index (χ1v) is 6.39. The third-order valence-corrected chi connectivity index (χ3v) is 4.02. The Morgan fingerprint density at radius 3 is 2.76 bits per heavy atom. The maximum absolute atomic E-state index is 12.2. The van der Waals surface area contributed by atoms with Gasteiger partial charge in [-0.3, -0.25) is 10.1 Å². The average molecular weight is 230 g/mol. The molecule has 0 radical (unpaired) electrons. The molecule has 3 heteroatoms. The van der Waals surface area contributed by atoms with Gasteiger partial charge in [0, 0.05) is 17.3 Å². The first kappa shape index (κ1) is 10.8. The average Bonchev–Trinajstić information content (AvgIpc) is 2.89. The summed E-state index contributed by atoms with van der Waals surface area (Å²) in [4.78, 5) is 12.2. The van der Waals surface area contributed by atoms with Crippen molar-refractivity contribution in [3.8, 4) is 0 Å². The van der Waals surface area contributed by atoms with E-state index < -0.39 is 5.54 Å². The van der Waals surface area contributed by atoms with Crippen LogP contribution in [0.2, 0.25) is 0 Å². The van der Waals surface area contributed by atoms with E-state index in [-0.39, 0.29) is 5.91 Å². The van der Waals surface area contributed by atoms with Crippen LogP contribution >= 0.6 is 0 Å². The number of benzene rings is 1. The van der Waals surface area contributed by atoms with E-state index in [1.54, 1.807) is 0 Å². The number of hydrogen-bond acceptors (Lipinski definition) is 2. The van der Waals surface area contributed by atoms with Gasteiger partial charge in [-0.05, 0) is 25.8 Å². The van der Waals surface area contributed by atoms with Gasteiger partial charge < -0.3 is 5.32 Å². The van der Waals surface area contributed by atoms with Crippen LogP contribution in [0, 0.1) is 0 Å². The lowest BCUT2D eigenvalue weighted by atomic mass is 9.92. The maximum atomic E-state index is 12.2. The van der Waals surface area contributed by atoms with Crippen LogP contribution in [-0.4, -0.2) is 11.9 Å². The summed E-state index contributed by atoms with van der Waals surface area (Å²) in [5.41, 5.74) is 1.48. The maximum Gasteiger partial charge on any atom is 0.249 e. The van der Waals surface area contributed by atoms with Crippen molar-refractivity contribution in [3.05, 3.63) is 29.8 Å². The fourth-order valence-electron chi connectivity index (χ4n) is 3.02. The third kappa shape index (κ3) is 1.65. The Kier molecular flexibility index (Phi) is 2.44. The summed E-state index contributed by atoms with van der Waals surface area (Å²) in [5, 5.41) is 6.51. The monoisotopic (exact) mass is 230 g/mol. The minimum atomic E-state index is -0.550. The number of carbonyl (C=O) groups excluding carboxylic acids is 1. The van der Waals surface area contributed by atoms with Gasteiger partial charge in [-0.25, -0.2) is 0 Å². The molecule has 0 spiro atoms. The van der Waals surface area contributed by atoms with Crippen molar-refractivity contribution in [2.24, 2.45) is 0 Å². The lowest BCUT2D eigenvalue weighted by molar-refractivity contribution is -0.121.